The van der Waals surface area contributed by atoms with Crippen LogP contribution in [-0.2, 0) is 50.1 Å². The summed E-state index contributed by atoms with van der Waals surface area (Å²) in [5.41, 5.74) is 3.60. The Kier molecular flexibility index (Phi) is 12.9. The lowest BCUT2D eigenvalue weighted by atomic mass is 9.95. The largest absolute Gasteiger partial charge is 0.388 e. The van der Waals surface area contributed by atoms with Crippen molar-refractivity contribution in [2.75, 3.05) is 6.61 Å². The van der Waals surface area contributed by atoms with Crippen LogP contribution in [0.4, 0.5) is 0 Å². The number of aliphatic hydroxyl groups is 1. The first-order valence-electron chi connectivity index (χ1n) is 16.4. The van der Waals surface area contributed by atoms with Gasteiger partial charge in [-0.25, -0.2) is 0 Å². The Bertz CT molecular complexity index is 1590. The van der Waals surface area contributed by atoms with Crippen molar-refractivity contribution in [3.8, 4) is 0 Å². The van der Waals surface area contributed by atoms with Crippen LogP contribution in [0.5, 0.6) is 0 Å². The fourth-order valence-electron chi connectivity index (χ4n) is 5.70. The molecule has 1 fully saturated rings. The van der Waals surface area contributed by atoms with Gasteiger partial charge in [-0.15, -0.1) is 0 Å². The first-order chi connectivity index (χ1) is 23.7. The van der Waals surface area contributed by atoms with Gasteiger partial charge in [0.1, 0.15) is 36.0 Å². The van der Waals surface area contributed by atoms with E-state index in [-0.39, 0.29) is 6.61 Å². The van der Waals surface area contributed by atoms with E-state index in [1.807, 2.05) is 140 Å². The van der Waals surface area contributed by atoms with E-state index < -0.39 is 36.0 Å². The summed E-state index contributed by atoms with van der Waals surface area (Å²) in [6, 6.07) is 50.2. The van der Waals surface area contributed by atoms with Gasteiger partial charge in [0, 0.05) is 4.90 Å². The number of ether oxygens (including phenoxy) is 5. The molecule has 0 radical (unpaired) electrons. The normalized spacial score (nSPS) is 21.5. The maximum absolute atomic E-state index is 11.8. The van der Waals surface area contributed by atoms with Crippen LogP contribution in [0.15, 0.2) is 157 Å². The number of thioether (sulfide) groups is 1. The van der Waals surface area contributed by atoms with Crippen LogP contribution in [0.1, 0.15) is 22.3 Å². The molecule has 1 heterocycles. The fraction of sp³-hybridized carbons (Fsp3) is 0.268. The molecule has 248 valence electrons. The Balaban J connectivity index is 1.31. The lowest BCUT2D eigenvalue weighted by molar-refractivity contribution is -0.265. The lowest BCUT2D eigenvalue weighted by Gasteiger charge is -2.47. The minimum absolute atomic E-state index is 0.0639. The van der Waals surface area contributed by atoms with Gasteiger partial charge in [-0.2, -0.15) is 0 Å². The Hall–Kier alpha value is -3.79. The molecule has 1 N–H and O–H groups in total. The molecule has 5 aromatic carbocycles. The summed E-state index contributed by atoms with van der Waals surface area (Å²) >= 11 is 1.56. The predicted molar refractivity (Wildman–Crippen MR) is 188 cm³/mol. The molecule has 0 amide bonds. The van der Waals surface area contributed by atoms with Gasteiger partial charge >= 0.3 is 0 Å². The zero-order chi connectivity index (χ0) is 32.8. The predicted octanol–water partition coefficient (Wildman–Crippen LogP) is 7.84. The maximum atomic E-state index is 11.8. The highest BCUT2D eigenvalue weighted by atomic mass is 32.2. The molecular weight excluding hydrogens is 621 g/mol. The number of aliphatic hydroxyl groups excluding tert-OH is 1. The standard InChI is InChI=1S/C41H42O6S/c42-36(30-43-26-31-16-6-1-7-17-31)37-38(44-27-32-18-8-2-9-19-32)39(45-28-33-20-10-3-11-21-33)40(46-29-34-22-12-4-13-23-34)41(47-37)48-35-24-14-5-15-25-35/h1-25,36-42H,26-30H2/t36-,37+,38+,39-,40-,41+/m0/s1. The van der Waals surface area contributed by atoms with Gasteiger partial charge in [-0.05, 0) is 34.4 Å². The molecule has 1 aliphatic heterocycles. The van der Waals surface area contributed by atoms with Gasteiger partial charge in [0.2, 0.25) is 0 Å². The van der Waals surface area contributed by atoms with Crippen molar-refractivity contribution < 1.29 is 28.8 Å². The first kappa shape index (κ1) is 34.1. The minimum Gasteiger partial charge on any atom is -0.388 e. The van der Waals surface area contributed by atoms with Gasteiger partial charge < -0.3 is 28.8 Å². The molecule has 48 heavy (non-hydrogen) atoms. The van der Waals surface area contributed by atoms with Crippen LogP contribution in [0.2, 0.25) is 0 Å². The van der Waals surface area contributed by atoms with Gasteiger partial charge in [0.15, 0.2) is 0 Å². The highest BCUT2D eigenvalue weighted by Crippen LogP contribution is 2.39. The third-order valence-electron chi connectivity index (χ3n) is 8.16. The quantitative estimate of drug-likeness (QED) is 0.116. The highest BCUT2D eigenvalue weighted by molar-refractivity contribution is 7.99. The average Bonchev–Trinajstić information content (AvgIpc) is 3.15. The second-order valence-corrected chi connectivity index (χ2v) is 12.9. The summed E-state index contributed by atoms with van der Waals surface area (Å²) in [5.74, 6) is 0. The number of rotatable bonds is 16. The zero-order valence-electron chi connectivity index (χ0n) is 26.8. The Morgan fingerprint density at radius 2 is 0.896 bits per heavy atom. The topological polar surface area (TPSA) is 66.4 Å². The molecule has 1 aliphatic rings. The second-order valence-electron chi connectivity index (χ2n) is 11.8. The van der Waals surface area contributed by atoms with E-state index in [2.05, 4.69) is 12.1 Å². The molecule has 0 saturated carbocycles. The summed E-state index contributed by atoms with van der Waals surface area (Å²) in [6.07, 6.45) is -3.54. The lowest BCUT2D eigenvalue weighted by Crippen LogP contribution is -2.62. The van der Waals surface area contributed by atoms with Crippen molar-refractivity contribution in [3.63, 3.8) is 0 Å². The molecule has 6 rings (SSSR count). The number of hydrogen-bond acceptors (Lipinski definition) is 7. The van der Waals surface area contributed by atoms with Gasteiger partial charge in [0.05, 0.1) is 33.0 Å². The summed E-state index contributed by atoms with van der Waals surface area (Å²) in [4.78, 5) is 1.02. The SMILES string of the molecule is O[C@@H](COCc1ccccc1)[C@H]1O[C@H](Sc2ccccc2)[C@@H](OCc2ccccc2)[C@@H](OCc2ccccc2)[C@@H]1OCc1ccccc1. The molecule has 5 aromatic rings. The smallest absolute Gasteiger partial charge is 0.137 e. The van der Waals surface area contributed by atoms with E-state index in [9.17, 15) is 5.11 Å². The number of hydrogen-bond donors (Lipinski definition) is 1. The van der Waals surface area contributed by atoms with E-state index in [4.69, 9.17) is 23.7 Å². The summed E-state index contributed by atoms with van der Waals surface area (Å²) in [7, 11) is 0. The Labute approximate surface area is 287 Å². The van der Waals surface area contributed by atoms with E-state index >= 15 is 0 Å². The summed E-state index contributed by atoms with van der Waals surface area (Å²) < 4.78 is 33.1. The Morgan fingerprint density at radius 3 is 1.38 bits per heavy atom. The molecule has 6 nitrogen and oxygen atoms in total. The fourth-order valence-corrected chi connectivity index (χ4v) is 6.83. The van der Waals surface area contributed by atoms with E-state index in [0.29, 0.717) is 26.4 Å². The van der Waals surface area contributed by atoms with Crippen LogP contribution in [0.3, 0.4) is 0 Å². The third-order valence-corrected chi connectivity index (χ3v) is 9.32. The minimum atomic E-state index is -0.994. The first-order valence-corrected chi connectivity index (χ1v) is 17.2. The van der Waals surface area contributed by atoms with Gasteiger partial charge in [-0.3, -0.25) is 0 Å². The van der Waals surface area contributed by atoms with Crippen LogP contribution >= 0.6 is 11.8 Å². The molecule has 0 unspecified atom stereocenters. The van der Waals surface area contributed by atoms with E-state index in [1.165, 1.54) is 0 Å². The van der Waals surface area contributed by atoms with Crippen molar-refractivity contribution in [1.82, 2.24) is 0 Å². The van der Waals surface area contributed by atoms with Crippen molar-refractivity contribution >= 4 is 11.8 Å². The van der Waals surface area contributed by atoms with Crippen LogP contribution < -0.4 is 0 Å². The van der Waals surface area contributed by atoms with E-state index in [0.717, 1.165) is 27.1 Å². The van der Waals surface area contributed by atoms with Gasteiger partial charge in [0.25, 0.3) is 0 Å². The number of benzene rings is 5. The Morgan fingerprint density at radius 1 is 0.500 bits per heavy atom. The molecule has 6 atom stereocenters. The van der Waals surface area contributed by atoms with Crippen LogP contribution in [0.25, 0.3) is 0 Å². The molecule has 0 aromatic heterocycles. The molecule has 0 aliphatic carbocycles. The average molecular weight is 663 g/mol. The highest BCUT2D eigenvalue weighted by Gasteiger charge is 2.51. The van der Waals surface area contributed by atoms with Gasteiger partial charge in [-0.1, -0.05) is 151 Å². The van der Waals surface area contributed by atoms with Crippen molar-refractivity contribution in [2.45, 2.75) is 67.3 Å². The molecular formula is C41H42O6S. The van der Waals surface area contributed by atoms with Crippen LogP contribution in [0, 0.1) is 0 Å². The molecule has 7 heteroatoms. The monoisotopic (exact) mass is 662 g/mol. The molecule has 0 bridgehead atoms. The summed E-state index contributed by atoms with van der Waals surface area (Å²) in [5, 5.41) is 11.8. The third kappa shape index (κ3) is 9.87. The maximum Gasteiger partial charge on any atom is 0.137 e. The van der Waals surface area contributed by atoms with Crippen LogP contribution in [-0.4, -0.2) is 47.7 Å². The van der Waals surface area contributed by atoms with Crippen molar-refractivity contribution in [2.24, 2.45) is 0 Å². The van der Waals surface area contributed by atoms with Crippen molar-refractivity contribution in [3.05, 3.63) is 174 Å². The zero-order valence-corrected chi connectivity index (χ0v) is 27.6. The second kappa shape index (κ2) is 18.1. The molecule has 0 spiro atoms. The van der Waals surface area contributed by atoms with E-state index in [1.54, 1.807) is 11.8 Å². The summed E-state index contributed by atoms with van der Waals surface area (Å²) in [6.45, 7) is 1.46. The van der Waals surface area contributed by atoms with Crippen molar-refractivity contribution in [1.29, 1.82) is 0 Å². The molecule has 1 saturated heterocycles.